The van der Waals surface area contributed by atoms with Gasteiger partial charge in [-0.05, 0) is 53.1 Å². The Morgan fingerprint density at radius 3 is 2.29 bits per heavy atom. The number of unbranched alkanes of at least 4 members (excludes halogenated alkanes) is 1. The minimum atomic E-state index is 0.203. The van der Waals surface area contributed by atoms with Crippen molar-refractivity contribution in [2.24, 2.45) is 5.92 Å². The van der Waals surface area contributed by atoms with Gasteiger partial charge in [-0.1, -0.05) is 19.9 Å². The number of hydrogen-bond donors (Lipinski definition) is 1. The van der Waals surface area contributed by atoms with E-state index in [9.17, 15) is 0 Å². The standard InChI is InChI=1S/C15H32N2/c1-8-9-10-11-17(7)14(13(2)3)12-16-15(4,5)6/h8,13-14,16H,1,9-12H2,2-7H3. The van der Waals surface area contributed by atoms with Crippen molar-refractivity contribution >= 4 is 0 Å². The van der Waals surface area contributed by atoms with E-state index < -0.39 is 0 Å². The highest BCUT2D eigenvalue weighted by molar-refractivity contribution is 4.80. The van der Waals surface area contributed by atoms with Crippen LogP contribution in [0.2, 0.25) is 0 Å². The first-order chi connectivity index (χ1) is 7.78. The Bertz CT molecular complexity index is 203. The van der Waals surface area contributed by atoms with Gasteiger partial charge in [0.1, 0.15) is 0 Å². The number of likely N-dealkylation sites (N-methyl/N-ethyl adjacent to an activating group) is 1. The van der Waals surface area contributed by atoms with Gasteiger partial charge in [-0.2, -0.15) is 0 Å². The summed E-state index contributed by atoms with van der Waals surface area (Å²) in [7, 11) is 2.23. The molecule has 0 saturated carbocycles. The number of nitrogens with one attached hydrogen (secondary N) is 1. The van der Waals surface area contributed by atoms with E-state index in [0.29, 0.717) is 12.0 Å². The Balaban J connectivity index is 4.16. The molecule has 0 heterocycles. The van der Waals surface area contributed by atoms with Gasteiger partial charge < -0.3 is 10.2 Å². The van der Waals surface area contributed by atoms with Crippen LogP contribution in [0.4, 0.5) is 0 Å². The first-order valence-electron chi connectivity index (χ1n) is 6.84. The summed E-state index contributed by atoms with van der Waals surface area (Å²) in [6, 6.07) is 0.610. The van der Waals surface area contributed by atoms with E-state index in [1.54, 1.807) is 0 Å². The predicted molar refractivity (Wildman–Crippen MR) is 78.4 cm³/mol. The third kappa shape index (κ3) is 8.39. The lowest BCUT2D eigenvalue weighted by Gasteiger charge is -2.34. The van der Waals surface area contributed by atoms with Crippen LogP contribution < -0.4 is 5.32 Å². The molecule has 102 valence electrons. The Labute approximate surface area is 108 Å². The summed E-state index contributed by atoms with van der Waals surface area (Å²) >= 11 is 0. The van der Waals surface area contributed by atoms with Crippen LogP contribution >= 0.6 is 0 Å². The molecule has 0 rings (SSSR count). The lowest BCUT2D eigenvalue weighted by Crippen LogP contribution is -2.48. The molecular formula is C15H32N2. The van der Waals surface area contributed by atoms with Crippen LogP contribution in [0.15, 0.2) is 12.7 Å². The van der Waals surface area contributed by atoms with Gasteiger partial charge in [-0.3, -0.25) is 0 Å². The Kier molecular flexibility index (Phi) is 7.73. The average molecular weight is 240 g/mol. The molecule has 1 unspecified atom stereocenters. The molecule has 0 amide bonds. The van der Waals surface area contributed by atoms with Gasteiger partial charge in [-0.25, -0.2) is 0 Å². The van der Waals surface area contributed by atoms with Crippen LogP contribution in [0.3, 0.4) is 0 Å². The number of hydrogen-bond acceptors (Lipinski definition) is 2. The van der Waals surface area contributed by atoms with E-state index in [1.807, 2.05) is 6.08 Å². The Hall–Kier alpha value is -0.340. The zero-order valence-electron chi connectivity index (χ0n) is 12.7. The van der Waals surface area contributed by atoms with Gasteiger partial charge >= 0.3 is 0 Å². The van der Waals surface area contributed by atoms with Crippen LogP contribution in [-0.4, -0.2) is 36.6 Å². The van der Waals surface area contributed by atoms with E-state index in [0.717, 1.165) is 19.5 Å². The molecule has 0 aromatic rings. The Morgan fingerprint density at radius 1 is 1.29 bits per heavy atom. The van der Waals surface area contributed by atoms with Crippen LogP contribution in [0.25, 0.3) is 0 Å². The van der Waals surface area contributed by atoms with Crippen molar-refractivity contribution < 1.29 is 0 Å². The third-order valence-electron chi connectivity index (χ3n) is 3.10. The van der Waals surface area contributed by atoms with Gasteiger partial charge in [0, 0.05) is 18.1 Å². The third-order valence-corrected chi connectivity index (χ3v) is 3.10. The lowest BCUT2D eigenvalue weighted by molar-refractivity contribution is 0.175. The minimum absolute atomic E-state index is 0.203. The average Bonchev–Trinajstić information content (AvgIpc) is 2.15. The Morgan fingerprint density at radius 2 is 1.88 bits per heavy atom. The van der Waals surface area contributed by atoms with Crippen molar-refractivity contribution in [3.05, 3.63) is 12.7 Å². The van der Waals surface area contributed by atoms with Crippen LogP contribution in [0, 0.1) is 5.92 Å². The lowest BCUT2D eigenvalue weighted by atomic mass is 10.0. The fraction of sp³-hybridized carbons (Fsp3) is 0.867. The molecule has 0 fully saturated rings. The predicted octanol–water partition coefficient (Wildman–Crippen LogP) is 3.30. The second kappa shape index (κ2) is 7.88. The van der Waals surface area contributed by atoms with Crippen LogP contribution in [0.5, 0.6) is 0 Å². The zero-order chi connectivity index (χ0) is 13.5. The molecule has 2 nitrogen and oxygen atoms in total. The van der Waals surface area contributed by atoms with Crippen molar-refractivity contribution in [2.75, 3.05) is 20.1 Å². The number of rotatable bonds is 8. The largest absolute Gasteiger partial charge is 0.311 e. The molecule has 0 aliphatic rings. The summed E-state index contributed by atoms with van der Waals surface area (Å²) < 4.78 is 0. The molecule has 17 heavy (non-hydrogen) atoms. The van der Waals surface area contributed by atoms with Gasteiger partial charge in [0.2, 0.25) is 0 Å². The smallest absolute Gasteiger partial charge is 0.0240 e. The summed E-state index contributed by atoms with van der Waals surface area (Å²) in [5.41, 5.74) is 0.203. The normalized spacial score (nSPS) is 14.4. The fourth-order valence-corrected chi connectivity index (χ4v) is 1.96. The van der Waals surface area contributed by atoms with Gasteiger partial charge in [0.05, 0.1) is 0 Å². The van der Waals surface area contributed by atoms with Gasteiger partial charge in [0.25, 0.3) is 0 Å². The molecule has 0 radical (unpaired) electrons. The molecule has 0 aromatic carbocycles. The quantitative estimate of drug-likeness (QED) is 0.517. The maximum atomic E-state index is 3.78. The van der Waals surface area contributed by atoms with E-state index >= 15 is 0 Å². The molecule has 0 aliphatic carbocycles. The highest BCUT2D eigenvalue weighted by Gasteiger charge is 2.20. The van der Waals surface area contributed by atoms with Gasteiger partial charge in [-0.15, -0.1) is 6.58 Å². The number of nitrogens with zero attached hydrogens (tertiary/aromatic N) is 1. The summed E-state index contributed by atoms with van der Waals surface area (Å²) in [6.07, 6.45) is 4.33. The SMILES string of the molecule is C=CCCCN(C)C(CNC(C)(C)C)C(C)C. The van der Waals surface area contributed by atoms with Crippen molar-refractivity contribution in [2.45, 2.75) is 59.0 Å². The molecule has 0 saturated heterocycles. The van der Waals surface area contributed by atoms with Crippen molar-refractivity contribution in [1.29, 1.82) is 0 Å². The van der Waals surface area contributed by atoms with Crippen molar-refractivity contribution in [3.8, 4) is 0 Å². The monoisotopic (exact) mass is 240 g/mol. The van der Waals surface area contributed by atoms with E-state index in [2.05, 4.69) is 58.5 Å². The molecule has 0 bridgehead atoms. The highest BCUT2D eigenvalue weighted by atomic mass is 15.2. The van der Waals surface area contributed by atoms with Crippen molar-refractivity contribution in [3.63, 3.8) is 0 Å². The first kappa shape index (κ1) is 16.7. The molecule has 0 spiro atoms. The molecule has 0 aromatic heterocycles. The first-order valence-corrected chi connectivity index (χ1v) is 6.84. The minimum Gasteiger partial charge on any atom is -0.311 e. The topological polar surface area (TPSA) is 15.3 Å². The van der Waals surface area contributed by atoms with E-state index in [-0.39, 0.29) is 5.54 Å². The van der Waals surface area contributed by atoms with E-state index in [1.165, 1.54) is 6.42 Å². The van der Waals surface area contributed by atoms with Crippen molar-refractivity contribution in [1.82, 2.24) is 10.2 Å². The molecule has 1 N–H and O–H groups in total. The molecular weight excluding hydrogens is 208 g/mol. The van der Waals surface area contributed by atoms with Crippen LogP contribution in [0.1, 0.15) is 47.5 Å². The summed E-state index contributed by atoms with van der Waals surface area (Å²) in [5, 5.41) is 3.61. The van der Waals surface area contributed by atoms with E-state index in [4.69, 9.17) is 0 Å². The second-order valence-electron chi connectivity index (χ2n) is 6.35. The summed E-state index contributed by atoms with van der Waals surface area (Å²) in [4.78, 5) is 2.48. The summed E-state index contributed by atoms with van der Waals surface area (Å²) in [5.74, 6) is 0.679. The maximum absolute atomic E-state index is 3.78. The second-order valence-corrected chi connectivity index (χ2v) is 6.35. The number of allylic oxidation sites excluding steroid dienone is 1. The molecule has 2 heteroatoms. The highest BCUT2D eigenvalue weighted by Crippen LogP contribution is 2.11. The zero-order valence-corrected chi connectivity index (χ0v) is 12.7. The maximum Gasteiger partial charge on any atom is 0.0240 e. The van der Waals surface area contributed by atoms with Gasteiger partial charge in [0.15, 0.2) is 0 Å². The van der Waals surface area contributed by atoms with Crippen LogP contribution in [-0.2, 0) is 0 Å². The molecule has 1 atom stereocenters. The summed E-state index contributed by atoms with van der Waals surface area (Å²) in [6.45, 7) is 17.3. The molecule has 0 aliphatic heterocycles. The fourth-order valence-electron chi connectivity index (χ4n) is 1.96.